The molecule has 1 heterocycles. The number of amides is 3. The third-order valence-corrected chi connectivity index (χ3v) is 6.91. The Balaban J connectivity index is 1.46. The molecule has 0 aliphatic carbocycles. The van der Waals surface area contributed by atoms with Crippen LogP contribution in [0.25, 0.3) is 0 Å². The number of aryl methyl sites for hydroxylation is 1. The summed E-state index contributed by atoms with van der Waals surface area (Å²) in [6.07, 6.45) is 0.485. The fourth-order valence-corrected chi connectivity index (χ4v) is 4.90. The van der Waals surface area contributed by atoms with Gasteiger partial charge in [0.05, 0.1) is 6.10 Å². The zero-order chi connectivity index (χ0) is 26.9. The van der Waals surface area contributed by atoms with Crippen molar-refractivity contribution in [3.63, 3.8) is 0 Å². The van der Waals surface area contributed by atoms with Gasteiger partial charge in [0.1, 0.15) is 12.1 Å². The second-order valence-corrected chi connectivity index (χ2v) is 9.87. The van der Waals surface area contributed by atoms with E-state index in [-0.39, 0.29) is 31.2 Å². The van der Waals surface area contributed by atoms with Gasteiger partial charge in [-0.05, 0) is 23.1 Å². The molecule has 0 spiro atoms. The number of hydrogen-bond donors (Lipinski definition) is 2. The van der Waals surface area contributed by atoms with E-state index >= 15 is 0 Å². The van der Waals surface area contributed by atoms with E-state index in [1.54, 1.807) is 11.9 Å². The third-order valence-electron chi connectivity index (χ3n) is 6.91. The Kier molecular flexibility index (Phi) is 9.27. The first kappa shape index (κ1) is 27.1. The SMILES string of the molecule is CN(Cc1ccccc1)C(=O)[C@H](Cc1ccccc1)NC(=O)[C@@H]1C[C@@H](O)CN1C(=O)CCc1ccccc1. The Morgan fingerprint density at radius 1 is 0.895 bits per heavy atom. The third kappa shape index (κ3) is 7.29. The molecule has 0 bridgehead atoms. The molecule has 38 heavy (non-hydrogen) atoms. The van der Waals surface area contributed by atoms with Crippen molar-refractivity contribution in [3.8, 4) is 0 Å². The Morgan fingerprint density at radius 3 is 2.05 bits per heavy atom. The molecule has 1 aliphatic rings. The molecule has 7 nitrogen and oxygen atoms in total. The van der Waals surface area contributed by atoms with Gasteiger partial charge in [-0.1, -0.05) is 91.0 Å². The predicted molar refractivity (Wildman–Crippen MR) is 146 cm³/mol. The van der Waals surface area contributed by atoms with Crippen LogP contribution in [0.5, 0.6) is 0 Å². The molecule has 198 valence electrons. The maximum Gasteiger partial charge on any atom is 0.245 e. The largest absolute Gasteiger partial charge is 0.391 e. The molecule has 3 aromatic carbocycles. The topological polar surface area (TPSA) is 89.9 Å². The number of hydrogen-bond acceptors (Lipinski definition) is 4. The number of likely N-dealkylation sites (N-methyl/N-ethyl adjacent to an activating group) is 1. The van der Waals surface area contributed by atoms with Crippen LogP contribution >= 0.6 is 0 Å². The summed E-state index contributed by atoms with van der Waals surface area (Å²) in [4.78, 5) is 43.1. The minimum atomic E-state index is -0.821. The lowest BCUT2D eigenvalue weighted by atomic mass is 10.0. The van der Waals surface area contributed by atoms with Gasteiger partial charge < -0.3 is 20.2 Å². The number of rotatable bonds is 10. The fourth-order valence-electron chi connectivity index (χ4n) is 4.90. The lowest BCUT2D eigenvalue weighted by molar-refractivity contribution is -0.140. The molecule has 2 N–H and O–H groups in total. The van der Waals surface area contributed by atoms with E-state index in [1.165, 1.54) is 4.90 Å². The molecular weight excluding hydrogens is 478 g/mol. The lowest BCUT2D eigenvalue weighted by Crippen LogP contribution is -2.54. The minimum absolute atomic E-state index is 0.108. The summed E-state index contributed by atoms with van der Waals surface area (Å²) < 4.78 is 0. The van der Waals surface area contributed by atoms with Crippen LogP contribution < -0.4 is 5.32 Å². The van der Waals surface area contributed by atoms with Gasteiger partial charge in [0.2, 0.25) is 17.7 Å². The van der Waals surface area contributed by atoms with Crippen molar-refractivity contribution in [2.24, 2.45) is 0 Å². The highest BCUT2D eigenvalue weighted by atomic mass is 16.3. The van der Waals surface area contributed by atoms with Gasteiger partial charge in [-0.15, -0.1) is 0 Å². The number of aliphatic hydroxyl groups is 1. The first-order valence-corrected chi connectivity index (χ1v) is 13.1. The monoisotopic (exact) mass is 513 g/mol. The van der Waals surface area contributed by atoms with Crippen LogP contribution in [0.15, 0.2) is 91.0 Å². The highest BCUT2D eigenvalue weighted by molar-refractivity contribution is 5.92. The van der Waals surface area contributed by atoms with Gasteiger partial charge >= 0.3 is 0 Å². The van der Waals surface area contributed by atoms with E-state index in [4.69, 9.17) is 0 Å². The molecule has 0 radical (unpaired) electrons. The van der Waals surface area contributed by atoms with Gasteiger partial charge in [0, 0.05) is 39.4 Å². The fraction of sp³-hybridized carbons (Fsp3) is 0.323. The molecule has 0 unspecified atom stereocenters. The molecule has 0 aromatic heterocycles. The second-order valence-electron chi connectivity index (χ2n) is 9.87. The minimum Gasteiger partial charge on any atom is -0.391 e. The van der Waals surface area contributed by atoms with Crippen LogP contribution in [-0.4, -0.2) is 64.4 Å². The Labute approximate surface area is 224 Å². The number of β-amino-alcohol motifs (C(OH)–C–C–N with tert-alkyl or cyclic N) is 1. The number of carbonyl (C=O) groups excluding carboxylic acids is 3. The predicted octanol–water partition coefficient (Wildman–Crippen LogP) is 2.97. The van der Waals surface area contributed by atoms with Crippen LogP contribution in [0.2, 0.25) is 0 Å². The standard InChI is InChI=1S/C31H35N3O4/c1-33(21-25-15-9-4-10-16-25)31(38)27(19-24-13-7-3-8-14-24)32-30(37)28-20-26(35)22-34(28)29(36)18-17-23-11-5-2-6-12-23/h2-16,26-28,35H,17-22H2,1H3,(H,32,37)/t26-,27+,28+/m1/s1. The summed E-state index contributed by atoms with van der Waals surface area (Å²) in [6.45, 7) is 0.518. The number of nitrogens with zero attached hydrogens (tertiary/aromatic N) is 2. The van der Waals surface area contributed by atoms with Crippen molar-refractivity contribution < 1.29 is 19.5 Å². The maximum atomic E-state index is 13.5. The number of likely N-dealkylation sites (tertiary alicyclic amines) is 1. The van der Waals surface area contributed by atoms with Crippen molar-refractivity contribution in [2.45, 2.75) is 50.4 Å². The molecule has 3 aromatic rings. The van der Waals surface area contributed by atoms with Gasteiger partial charge in [0.15, 0.2) is 0 Å². The molecular formula is C31H35N3O4. The summed E-state index contributed by atoms with van der Waals surface area (Å²) in [5, 5.41) is 13.3. The number of carbonyl (C=O) groups is 3. The van der Waals surface area contributed by atoms with Crippen molar-refractivity contribution in [1.82, 2.24) is 15.1 Å². The summed E-state index contributed by atoms with van der Waals surface area (Å²) in [6, 6.07) is 27.3. The van der Waals surface area contributed by atoms with Crippen LogP contribution in [-0.2, 0) is 33.8 Å². The quantitative estimate of drug-likeness (QED) is 0.436. The van der Waals surface area contributed by atoms with Crippen LogP contribution in [0.1, 0.15) is 29.5 Å². The highest BCUT2D eigenvalue weighted by Gasteiger charge is 2.40. The van der Waals surface area contributed by atoms with Gasteiger partial charge in [-0.25, -0.2) is 0 Å². The molecule has 7 heteroatoms. The molecule has 1 saturated heterocycles. The summed E-state index contributed by atoms with van der Waals surface area (Å²) >= 11 is 0. The Bertz CT molecular complexity index is 1200. The van der Waals surface area contributed by atoms with Crippen LogP contribution in [0.4, 0.5) is 0 Å². The highest BCUT2D eigenvalue weighted by Crippen LogP contribution is 2.21. The van der Waals surface area contributed by atoms with Gasteiger partial charge in [-0.2, -0.15) is 0 Å². The van der Waals surface area contributed by atoms with E-state index in [2.05, 4.69) is 5.32 Å². The van der Waals surface area contributed by atoms with Crippen LogP contribution in [0, 0.1) is 0 Å². The van der Waals surface area contributed by atoms with Crippen molar-refractivity contribution in [2.75, 3.05) is 13.6 Å². The smallest absolute Gasteiger partial charge is 0.245 e. The molecule has 1 aliphatic heterocycles. The first-order chi connectivity index (χ1) is 18.4. The van der Waals surface area contributed by atoms with E-state index in [1.807, 2.05) is 91.0 Å². The van der Waals surface area contributed by atoms with E-state index < -0.39 is 24.1 Å². The van der Waals surface area contributed by atoms with Crippen LogP contribution in [0.3, 0.4) is 0 Å². The number of benzene rings is 3. The molecule has 3 amide bonds. The van der Waals surface area contributed by atoms with Crippen molar-refractivity contribution in [3.05, 3.63) is 108 Å². The summed E-state index contributed by atoms with van der Waals surface area (Å²) in [5.41, 5.74) is 2.94. The second kappa shape index (κ2) is 13.0. The molecule has 3 atom stereocenters. The van der Waals surface area contributed by atoms with Crippen molar-refractivity contribution >= 4 is 17.7 Å². The molecule has 1 fully saturated rings. The van der Waals surface area contributed by atoms with E-state index in [0.717, 1.165) is 16.7 Å². The average Bonchev–Trinajstić information content (AvgIpc) is 3.34. The average molecular weight is 514 g/mol. The molecule has 0 saturated carbocycles. The Hall–Kier alpha value is -3.97. The lowest BCUT2D eigenvalue weighted by Gasteiger charge is -2.28. The zero-order valence-corrected chi connectivity index (χ0v) is 21.7. The maximum absolute atomic E-state index is 13.5. The van der Waals surface area contributed by atoms with Gasteiger partial charge in [0.25, 0.3) is 0 Å². The first-order valence-electron chi connectivity index (χ1n) is 13.1. The number of nitrogens with one attached hydrogen (secondary N) is 1. The normalized spacial score (nSPS) is 17.6. The summed E-state index contributed by atoms with van der Waals surface area (Å²) in [7, 11) is 1.72. The van der Waals surface area contributed by atoms with E-state index in [9.17, 15) is 19.5 Å². The Morgan fingerprint density at radius 2 is 1.45 bits per heavy atom. The molecule has 4 rings (SSSR count). The number of aliphatic hydroxyl groups excluding tert-OH is 1. The van der Waals surface area contributed by atoms with Gasteiger partial charge in [-0.3, -0.25) is 14.4 Å². The van der Waals surface area contributed by atoms with Crippen molar-refractivity contribution in [1.29, 1.82) is 0 Å². The summed E-state index contributed by atoms with van der Waals surface area (Å²) in [5.74, 6) is -0.818. The zero-order valence-electron chi connectivity index (χ0n) is 21.7. The van der Waals surface area contributed by atoms with E-state index in [0.29, 0.717) is 19.4 Å².